The van der Waals surface area contributed by atoms with E-state index in [2.05, 4.69) is 22.3 Å². The number of nitrogens with zero attached hydrogens (tertiary/aromatic N) is 2. The molecule has 1 saturated heterocycles. The first kappa shape index (κ1) is 21.7. The maximum Gasteiger partial charge on any atom is 0.230 e. The molecule has 4 rings (SSSR count). The van der Waals surface area contributed by atoms with Gasteiger partial charge in [-0.2, -0.15) is 0 Å². The first-order valence-electron chi connectivity index (χ1n) is 11.2. The van der Waals surface area contributed by atoms with Crippen molar-refractivity contribution < 1.29 is 9.59 Å². The minimum absolute atomic E-state index is 0.0361. The van der Waals surface area contributed by atoms with Crippen LogP contribution in [0.2, 0.25) is 5.02 Å². The topological polar surface area (TPSA) is 52.7 Å². The van der Waals surface area contributed by atoms with E-state index in [1.54, 1.807) is 0 Å². The molecule has 1 N–H and O–H groups in total. The summed E-state index contributed by atoms with van der Waals surface area (Å²) >= 11 is 6.03. The summed E-state index contributed by atoms with van der Waals surface area (Å²) in [4.78, 5) is 30.0. The van der Waals surface area contributed by atoms with Gasteiger partial charge in [-0.05, 0) is 42.7 Å². The number of hydrogen-bond donors (Lipinski definition) is 1. The van der Waals surface area contributed by atoms with Gasteiger partial charge in [0.25, 0.3) is 0 Å². The average Bonchev–Trinajstić information content (AvgIpc) is 3.31. The molecule has 1 aliphatic carbocycles. The SMILES string of the molecule is O=C(CCNC(=O)C1(c2ccc(Cl)cc2)CCCC1)N1CCN(c2ccccc2)CC1. The minimum Gasteiger partial charge on any atom is -0.368 e. The number of anilines is 1. The highest BCUT2D eigenvalue weighted by atomic mass is 35.5. The lowest BCUT2D eigenvalue weighted by Gasteiger charge is -2.36. The number of carbonyl (C=O) groups is 2. The van der Waals surface area contributed by atoms with Crippen molar-refractivity contribution >= 4 is 29.1 Å². The van der Waals surface area contributed by atoms with E-state index in [4.69, 9.17) is 11.6 Å². The zero-order valence-corrected chi connectivity index (χ0v) is 18.6. The highest BCUT2D eigenvalue weighted by Gasteiger charge is 2.42. The molecule has 0 unspecified atom stereocenters. The van der Waals surface area contributed by atoms with Gasteiger partial charge in [0.05, 0.1) is 5.41 Å². The Morgan fingerprint density at radius 1 is 0.903 bits per heavy atom. The van der Waals surface area contributed by atoms with Crippen molar-refractivity contribution in [3.8, 4) is 0 Å². The van der Waals surface area contributed by atoms with Gasteiger partial charge in [0.1, 0.15) is 0 Å². The molecule has 0 atom stereocenters. The Bertz CT molecular complexity index is 887. The Kier molecular flexibility index (Phi) is 6.81. The van der Waals surface area contributed by atoms with E-state index in [0.717, 1.165) is 57.4 Å². The van der Waals surface area contributed by atoms with Crippen molar-refractivity contribution in [3.05, 3.63) is 65.2 Å². The molecule has 2 aromatic rings. The van der Waals surface area contributed by atoms with Gasteiger partial charge >= 0.3 is 0 Å². The molecule has 0 radical (unpaired) electrons. The molecule has 2 aromatic carbocycles. The van der Waals surface area contributed by atoms with E-state index >= 15 is 0 Å². The van der Waals surface area contributed by atoms with Crippen LogP contribution in [0.3, 0.4) is 0 Å². The molecule has 2 amide bonds. The lowest BCUT2D eigenvalue weighted by Crippen LogP contribution is -2.49. The monoisotopic (exact) mass is 439 g/mol. The Labute approximate surface area is 189 Å². The van der Waals surface area contributed by atoms with Crippen LogP contribution in [-0.4, -0.2) is 49.4 Å². The summed E-state index contributed by atoms with van der Waals surface area (Å²) in [6, 6.07) is 17.9. The van der Waals surface area contributed by atoms with Crippen molar-refractivity contribution in [1.82, 2.24) is 10.2 Å². The number of halogens is 1. The van der Waals surface area contributed by atoms with Crippen LogP contribution in [0.4, 0.5) is 5.69 Å². The molecular weight excluding hydrogens is 410 g/mol. The molecule has 0 bridgehead atoms. The number of carbonyl (C=O) groups excluding carboxylic acids is 2. The Balaban J connectivity index is 1.27. The number of amides is 2. The number of benzene rings is 2. The van der Waals surface area contributed by atoms with E-state index in [9.17, 15) is 9.59 Å². The van der Waals surface area contributed by atoms with Gasteiger partial charge in [-0.25, -0.2) is 0 Å². The summed E-state index contributed by atoms with van der Waals surface area (Å²) in [5.74, 6) is 0.147. The van der Waals surface area contributed by atoms with Crippen LogP contribution in [0, 0.1) is 0 Å². The van der Waals surface area contributed by atoms with Crippen LogP contribution < -0.4 is 10.2 Å². The van der Waals surface area contributed by atoms with Crippen LogP contribution in [0.25, 0.3) is 0 Å². The number of rotatable bonds is 6. The fraction of sp³-hybridized carbons (Fsp3) is 0.440. The van der Waals surface area contributed by atoms with Crippen LogP contribution in [0.15, 0.2) is 54.6 Å². The van der Waals surface area contributed by atoms with Gasteiger partial charge in [-0.1, -0.05) is 54.8 Å². The highest BCUT2D eigenvalue weighted by molar-refractivity contribution is 6.30. The minimum atomic E-state index is -0.491. The second-order valence-electron chi connectivity index (χ2n) is 8.51. The van der Waals surface area contributed by atoms with E-state index in [0.29, 0.717) is 18.0 Å². The maximum atomic E-state index is 13.1. The first-order chi connectivity index (χ1) is 15.1. The smallest absolute Gasteiger partial charge is 0.230 e. The number of piperazine rings is 1. The highest BCUT2D eigenvalue weighted by Crippen LogP contribution is 2.41. The summed E-state index contributed by atoms with van der Waals surface area (Å²) in [6.07, 6.45) is 4.11. The molecule has 2 fully saturated rings. The summed E-state index contributed by atoms with van der Waals surface area (Å²) in [7, 11) is 0. The summed E-state index contributed by atoms with van der Waals surface area (Å²) in [5.41, 5.74) is 1.73. The normalized spacial score (nSPS) is 18.1. The second-order valence-corrected chi connectivity index (χ2v) is 8.94. The third-order valence-electron chi connectivity index (χ3n) is 6.67. The van der Waals surface area contributed by atoms with E-state index in [-0.39, 0.29) is 11.8 Å². The molecule has 31 heavy (non-hydrogen) atoms. The number of para-hydroxylation sites is 1. The van der Waals surface area contributed by atoms with Crippen molar-refractivity contribution in [3.63, 3.8) is 0 Å². The van der Waals surface area contributed by atoms with Crippen LogP contribution in [-0.2, 0) is 15.0 Å². The molecule has 2 aliphatic rings. The molecule has 0 spiro atoms. The zero-order valence-electron chi connectivity index (χ0n) is 17.9. The Morgan fingerprint density at radius 3 is 2.19 bits per heavy atom. The standard InChI is InChI=1S/C25H30ClN3O2/c26-21-10-8-20(9-11-21)25(13-4-5-14-25)24(31)27-15-12-23(30)29-18-16-28(17-19-29)22-6-2-1-3-7-22/h1-3,6-11H,4-5,12-19H2,(H,27,31). The van der Waals surface area contributed by atoms with Gasteiger partial charge in [-0.3, -0.25) is 9.59 Å². The molecule has 1 heterocycles. The van der Waals surface area contributed by atoms with Gasteiger partial charge in [0, 0.05) is 49.9 Å². The predicted octanol–water partition coefficient (Wildman–Crippen LogP) is 4.01. The third-order valence-corrected chi connectivity index (χ3v) is 6.92. The van der Waals surface area contributed by atoms with Crippen molar-refractivity contribution in [1.29, 1.82) is 0 Å². The zero-order chi connectivity index (χ0) is 21.7. The summed E-state index contributed by atoms with van der Waals surface area (Å²) < 4.78 is 0. The second kappa shape index (κ2) is 9.73. The fourth-order valence-electron chi connectivity index (χ4n) is 4.86. The van der Waals surface area contributed by atoms with Gasteiger partial charge in [-0.15, -0.1) is 0 Å². The lowest BCUT2D eigenvalue weighted by atomic mass is 9.78. The van der Waals surface area contributed by atoms with E-state index < -0.39 is 5.41 Å². The largest absolute Gasteiger partial charge is 0.368 e. The van der Waals surface area contributed by atoms with Gasteiger partial charge in [0.15, 0.2) is 0 Å². The number of nitrogens with one attached hydrogen (secondary N) is 1. The van der Waals surface area contributed by atoms with Crippen molar-refractivity contribution in [2.75, 3.05) is 37.6 Å². The summed E-state index contributed by atoms with van der Waals surface area (Å²) in [5, 5.41) is 3.73. The lowest BCUT2D eigenvalue weighted by molar-refractivity contribution is -0.131. The molecule has 1 aliphatic heterocycles. The average molecular weight is 440 g/mol. The van der Waals surface area contributed by atoms with Crippen LogP contribution >= 0.6 is 11.6 Å². The van der Waals surface area contributed by atoms with E-state index in [1.807, 2.05) is 47.4 Å². The number of hydrogen-bond acceptors (Lipinski definition) is 3. The first-order valence-corrected chi connectivity index (χ1v) is 11.6. The van der Waals surface area contributed by atoms with Crippen molar-refractivity contribution in [2.45, 2.75) is 37.5 Å². The summed E-state index contributed by atoms with van der Waals surface area (Å²) in [6.45, 7) is 3.49. The van der Waals surface area contributed by atoms with Crippen LogP contribution in [0.1, 0.15) is 37.7 Å². The molecule has 0 aromatic heterocycles. The van der Waals surface area contributed by atoms with Gasteiger partial charge in [0.2, 0.25) is 11.8 Å². The quantitative estimate of drug-likeness (QED) is 0.739. The van der Waals surface area contributed by atoms with Gasteiger partial charge < -0.3 is 15.1 Å². The molecule has 6 heteroatoms. The van der Waals surface area contributed by atoms with Crippen LogP contribution in [0.5, 0.6) is 0 Å². The Hall–Kier alpha value is -2.53. The fourth-order valence-corrected chi connectivity index (χ4v) is 4.98. The molecule has 1 saturated carbocycles. The maximum absolute atomic E-state index is 13.1. The van der Waals surface area contributed by atoms with Crippen molar-refractivity contribution in [2.24, 2.45) is 0 Å². The predicted molar refractivity (Wildman–Crippen MR) is 124 cm³/mol. The molecule has 5 nitrogen and oxygen atoms in total. The third kappa shape index (κ3) is 4.87. The molecular formula is C25H30ClN3O2. The Morgan fingerprint density at radius 2 is 1.55 bits per heavy atom. The van der Waals surface area contributed by atoms with E-state index in [1.165, 1.54) is 5.69 Å². The molecule has 164 valence electrons.